The molecule has 1 unspecified atom stereocenters. The minimum absolute atomic E-state index is 0.0185. The topological polar surface area (TPSA) is 37.3 Å². The lowest BCUT2D eigenvalue weighted by Crippen LogP contribution is -2.59. The number of ketones is 1. The van der Waals surface area contributed by atoms with Crippen molar-refractivity contribution >= 4 is 5.78 Å². The van der Waals surface area contributed by atoms with E-state index in [4.69, 9.17) is 0 Å². The summed E-state index contributed by atoms with van der Waals surface area (Å²) in [5.41, 5.74) is -0.531. The second kappa shape index (κ2) is 4.06. The van der Waals surface area contributed by atoms with Gasteiger partial charge in [0.15, 0.2) is 0 Å². The van der Waals surface area contributed by atoms with Crippen LogP contribution in [0.5, 0.6) is 0 Å². The summed E-state index contributed by atoms with van der Waals surface area (Å²) in [4.78, 5) is 12.1. The Morgan fingerprint density at radius 2 is 1.72 bits per heavy atom. The molecular weight excluding hydrogens is 224 g/mol. The fourth-order valence-electron chi connectivity index (χ4n) is 5.43. The van der Waals surface area contributed by atoms with Crippen molar-refractivity contribution in [3.05, 3.63) is 0 Å². The number of Topliss-reactive ketones (excluding diaryl/α,β-unsaturated/α-hetero) is 1. The van der Waals surface area contributed by atoms with Gasteiger partial charge in [-0.2, -0.15) is 0 Å². The van der Waals surface area contributed by atoms with Crippen molar-refractivity contribution in [1.82, 2.24) is 0 Å². The largest absolute Gasteiger partial charge is 0.389 e. The van der Waals surface area contributed by atoms with Crippen LogP contribution in [0, 0.1) is 22.7 Å². The average molecular weight is 252 g/mol. The second-order valence-electron chi connectivity index (χ2n) is 7.84. The first kappa shape index (κ1) is 14.0. The van der Waals surface area contributed by atoms with Gasteiger partial charge in [0.05, 0.1) is 11.5 Å². The summed E-state index contributed by atoms with van der Waals surface area (Å²) < 4.78 is 0. The van der Waals surface area contributed by atoms with Gasteiger partial charge in [0.25, 0.3) is 0 Å². The lowest BCUT2D eigenvalue weighted by Gasteiger charge is -2.60. The summed E-state index contributed by atoms with van der Waals surface area (Å²) in [5.74, 6) is 0.543. The highest BCUT2D eigenvalue weighted by Gasteiger charge is 2.59. The van der Waals surface area contributed by atoms with Gasteiger partial charge in [0, 0.05) is 0 Å². The maximum absolute atomic E-state index is 12.1. The Labute approximate surface area is 111 Å². The number of hydrogen-bond donors (Lipinski definition) is 1. The van der Waals surface area contributed by atoms with Crippen molar-refractivity contribution in [2.45, 2.75) is 72.3 Å². The lowest BCUT2D eigenvalue weighted by atomic mass is 9.45. The third kappa shape index (κ3) is 1.93. The molecule has 4 atom stereocenters. The van der Waals surface area contributed by atoms with E-state index in [-0.39, 0.29) is 17.1 Å². The predicted octanol–water partition coefficient (Wildman–Crippen LogP) is 3.57. The summed E-state index contributed by atoms with van der Waals surface area (Å²) in [6.07, 6.45) is 5.34. The fourth-order valence-corrected chi connectivity index (χ4v) is 5.43. The first-order chi connectivity index (χ1) is 8.11. The van der Waals surface area contributed by atoms with Crippen molar-refractivity contribution < 1.29 is 9.90 Å². The molecule has 0 aromatic carbocycles. The van der Waals surface area contributed by atoms with Crippen LogP contribution in [0.15, 0.2) is 0 Å². The van der Waals surface area contributed by atoms with Crippen LogP contribution in [0.25, 0.3) is 0 Å². The van der Waals surface area contributed by atoms with E-state index >= 15 is 0 Å². The molecule has 0 spiro atoms. The molecule has 0 saturated heterocycles. The summed E-state index contributed by atoms with van der Waals surface area (Å²) in [6.45, 7) is 10.5. The van der Waals surface area contributed by atoms with Gasteiger partial charge in [-0.15, -0.1) is 0 Å². The summed E-state index contributed by atoms with van der Waals surface area (Å²) in [5, 5.41) is 10.7. The molecule has 2 saturated carbocycles. The number of carbonyl (C=O) groups is 1. The van der Waals surface area contributed by atoms with E-state index in [1.165, 1.54) is 12.8 Å². The Morgan fingerprint density at radius 3 is 2.28 bits per heavy atom. The molecule has 1 N–H and O–H groups in total. The third-order valence-electron chi connectivity index (χ3n) is 5.90. The molecule has 18 heavy (non-hydrogen) atoms. The van der Waals surface area contributed by atoms with E-state index < -0.39 is 5.60 Å². The number of carbonyl (C=O) groups excluding carboxylic acids is 1. The molecule has 0 radical (unpaired) electrons. The van der Waals surface area contributed by atoms with Crippen LogP contribution < -0.4 is 0 Å². The van der Waals surface area contributed by atoms with Crippen LogP contribution >= 0.6 is 0 Å². The molecule has 0 amide bonds. The van der Waals surface area contributed by atoms with Crippen LogP contribution in [0.4, 0.5) is 0 Å². The molecule has 0 aromatic rings. The number of rotatable bonds is 1. The average Bonchev–Trinajstić information content (AvgIpc) is 2.12. The zero-order valence-electron chi connectivity index (χ0n) is 12.5. The molecule has 0 aromatic heterocycles. The van der Waals surface area contributed by atoms with E-state index in [0.29, 0.717) is 11.3 Å². The number of fused-ring (bicyclic) bond motifs is 1. The van der Waals surface area contributed by atoms with Crippen LogP contribution in [0.3, 0.4) is 0 Å². The van der Waals surface area contributed by atoms with Gasteiger partial charge in [-0.1, -0.05) is 27.2 Å². The molecule has 0 heterocycles. The van der Waals surface area contributed by atoms with Gasteiger partial charge in [0.2, 0.25) is 0 Å². The standard InChI is InChI=1S/C16H28O2/c1-11(17)13-15(4)9-6-8-14(2,3)12(15)7-10-16(13,5)18/h12-13,18H,6-10H2,1-5H3/t12-,13?,15-,16+/m0/s1. The summed E-state index contributed by atoms with van der Waals surface area (Å²) in [7, 11) is 0. The molecule has 2 aliphatic rings. The molecule has 0 bridgehead atoms. The van der Waals surface area contributed by atoms with E-state index in [9.17, 15) is 9.90 Å². The molecular formula is C16H28O2. The molecule has 2 aliphatic carbocycles. The number of hydrogen-bond acceptors (Lipinski definition) is 2. The first-order valence-electron chi connectivity index (χ1n) is 7.34. The van der Waals surface area contributed by atoms with Crippen LogP contribution in [-0.2, 0) is 4.79 Å². The molecule has 0 aliphatic heterocycles. The maximum Gasteiger partial charge on any atom is 0.136 e. The predicted molar refractivity (Wildman–Crippen MR) is 73.3 cm³/mol. The normalized spacial score (nSPS) is 47.4. The van der Waals surface area contributed by atoms with Gasteiger partial charge in [0.1, 0.15) is 5.78 Å². The molecule has 2 heteroatoms. The molecule has 2 nitrogen and oxygen atoms in total. The zero-order valence-corrected chi connectivity index (χ0v) is 12.5. The van der Waals surface area contributed by atoms with Crippen molar-refractivity contribution in [3.8, 4) is 0 Å². The van der Waals surface area contributed by atoms with Gasteiger partial charge in [-0.3, -0.25) is 4.79 Å². The second-order valence-corrected chi connectivity index (χ2v) is 7.84. The molecule has 2 fully saturated rings. The summed E-state index contributed by atoms with van der Waals surface area (Å²) in [6, 6.07) is 0. The highest BCUT2D eigenvalue weighted by molar-refractivity contribution is 5.80. The van der Waals surface area contributed by atoms with Crippen molar-refractivity contribution in [1.29, 1.82) is 0 Å². The van der Waals surface area contributed by atoms with Crippen molar-refractivity contribution in [3.63, 3.8) is 0 Å². The highest BCUT2D eigenvalue weighted by atomic mass is 16.3. The molecule has 2 rings (SSSR count). The van der Waals surface area contributed by atoms with Gasteiger partial charge >= 0.3 is 0 Å². The monoisotopic (exact) mass is 252 g/mol. The molecule has 104 valence electrons. The minimum atomic E-state index is -0.815. The van der Waals surface area contributed by atoms with E-state index in [0.717, 1.165) is 19.3 Å². The van der Waals surface area contributed by atoms with Crippen LogP contribution in [0.1, 0.15) is 66.7 Å². The Hall–Kier alpha value is -0.370. The Kier molecular flexibility index (Phi) is 3.17. The lowest BCUT2D eigenvalue weighted by molar-refractivity contribution is -0.176. The Morgan fingerprint density at radius 1 is 1.11 bits per heavy atom. The van der Waals surface area contributed by atoms with Gasteiger partial charge in [-0.05, 0) is 56.3 Å². The van der Waals surface area contributed by atoms with Crippen molar-refractivity contribution in [2.75, 3.05) is 0 Å². The minimum Gasteiger partial charge on any atom is -0.389 e. The Balaban J connectivity index is 2.45. The SMILES string of the molecule is CC(=O)C1[C@](C)(O)CC[C@H]2C(C)(C)CCC[C@]12C. The Bertz CT molecular complexity index is 356. The number of aliphatic hydroxyl groups is 1. The zero-order chi connectivity index (χ0) is 13.8. The van der Waals surface area contributed by atoms with E-state index in [1.807, 2.05) is 6.92 Å². The van der Waals surface area contributed by atoms with E-state index in [1.54, 1.807) is 6.92 Å². The smallest absolute Gasteiger partial charge is 0.136 e. The summed E-state index contributed by atoms with van der Waals surface area (Å²) >= 11 is 0. The third-order valence-corrected chi connectivity index (χ3v) is 5.90. The van der Waals surface area contributed by atoms with Crippen LogP contribution in [0.2, 0.25) is 0 Å². The first-order valence-corrected chi connectivity index (χ1v) is 7.34. The fraction of sp³-hybridized carbons (Fsp3) is 0.938. The van der Waals surface area contributed by atoms with Crippen LogP contribution in [-0.4, -0.2) is 16.5 Å². The highest BCUT2D eigenvalue weighted by Crippen LogP contribution is 2.62. The van der Waals surface area contributed by atoms with Gasteiger partial charge in [-0.25, -0.2) is 0 Å². The van der Waals surface area contributed by atoms with E-state index in [2.05, 4.69) is 20.8 Å². The van der Waals surface area contributed by atoms with Crippen molar-refractivity contribution in [2.24, 2.45) is 22.7 Å². The quantitative estimate of drug-likeness (QED) is 0.774. The maximum atomic E-state index is 12.1. The van der Waals surface area contributed by atoms with Gasteiger partial charge < -0.3 is 5.11 Å².